The molecule has 1 saturated heterocycles. The molecule has 1 N–H and O–H groups in total. The van der Waals surface area contributed by atoms with E-state index in [1.54, 1.807) is 6.07 Å². The van der Waals surface area contributed by atoms with Gasteiger partial charge in [0.05, 0.1) is 11.2 Å². The molecule has 0 saturated carbocycles. The Morgan fingerprint density at radius 2 is 1.30 bits per heavy atom. The second-order valence-electron chi connectivity index (χ2n) is 9.02. The van der Waals surface area contributed by atoms with Crippen molar-refractivity contribution in [3.8, 4) is 0 Å². The lowest BCUT2D eigenvalue weighted by Crippen LogP contribution is -2.44. The maximum absolute atomic E-state index is 13.1. The lowest BCUT2D eigenvalue weighted by atomic mass is 9.73. The molecule has 0 atom stereocenters. The van der Waals surface area contributed by atoms with Gasteiger partial charge in [0.15, 0.2) is 0 Å². The predicted molar refractivity (Wildman–Crippen MR) is 125 cm³/mol. The zero-order valence-electron chi connectivity index (χ0n) is 18.6. The minimum absolute atomic E-state index is 0.344. The van der Waals surface area contributed by atoms with E-state index in [0.717, 1.165) is 36.2 Å². The van der Waals surface area contributed by atoms with E-state index in [2.05, 4.69) is 36.1 Å². The summed E-state index contributed by atoms with van der Waals surface area (Å²) in [6.07, 6.45) is -2.83. The van der Waals surface area contributed by atoms with Gasteiger partial charge in [0.25, 0.3) is 0 Å². The van der Waals surface area contributed by atoms with E-state index in [-0.39, 0.29) is 0 Å². The maximum Gasteiger partial charge on any atom is 0.416 e. The summed E-state index contributed by atoms with van der Waals surface area (Å²) in [5.74, 6) is 0. The van der Waals surface area contributed by atoms with Crippen LogP contribution in [-0.4, -0.2) is 29.6 Å². The summed E-state index contributed by atoms with van der Waals surface area (Å²) < 4.78 is 39.4. The van der Waals surface area contributed by atoms with Gasteiger partial charge in [-0.2, -0.15) is 13.2 Å². The maximum atomic E-state index is 13.1. The SMILES string of the molecule is [CH2]C(CCN1CCC(O)(c2cccc(C(F)(F)F)c2)CC1)(c1ccccc1)c1ccccc1. The van der Waals surface area contributed by atoms with Crippen molar-refractivity contribution in [3.63, 3.8) is 0 Å². The first-order valence-corrected chi connectivity index (χ1v) is 11.3. The summed E-state index contributed by atoms with van der Waals surface area (Å²) in [5, 5.41) is 11.1. The highest BCUT2D eigenvalue weighted by atomic mass is 19.4. The fraction of sp³-hybridized carbons (Fsp3) is 0.321. The van der Waals surface area contributed by atoms with E-state index in [0.29, 0.717) is 31.5 Å². The largest absolute Gasteiger partial charge is 0.416 e. The molecule has 1 radical (unpaired) electrons. The fourth-order valence-electron chi connectivity index (χ4n) is 4.74. The van der Waals surface area contributed by atoms with Gasteiger partial charge in [0.2, 0.25) is 0 Å². The molecule has 33 heavy (non-hydrogen) atoms. The van der Waals surface area contributed by atoms with Crippen LogP contribution in [0.15, 0.2) is 84.9 Å². The highest BCUT2D eigenvalue weighted by Gasteiger charge is 2.38. The molecule has 173 valence electrons. The highest BCUT2D eigenvalue weighted by molar-refractivity contribution is 5.40. The van der Waals surface area contributed by atoms with Gasteiger partial charge >= 0.3 is 6.18 Å². The van der Waals surface area contributed by atoms with E-state index in [1.807, 2.05) is 36.4 Å². The number of alkyl halides is 3. The summed E-state index contributed by atoms with van der Waals surface area (Å²) in [6.45, 7) is 6.64. The molecular formula is C28H29F3NO. The Kier molecular flexibility index (Phi) is 6.64. The van der Waals surface area contributed by atoms with E-state index >= 15 is 0 Å². The lowest BCUT2D eigenvalue weighted by molar-refractivity contribution is -0.137. The van der Waals surface area contributed by atoms with Crippen LogP contribution in [0, 0.1) is 6.92 Å². The summed E-state index contributed by atoms with van der Waals surface area (Å²) in [5.41, 5.74) is 0.276. The van der Waals surface area contributed by atoms with Crippen molar-refractivity contribution < 1.29 is 18.3 Å². The third-order valence-corrected chi connectivity index (χ3v) is 6.92. The number of hydrogen-bond donors (Lipinski definition) is 1. The minimum atomic E-state index is -4.42. The van der Waals surface area contributed by atoms with Crippen molar-refractivity contribution >= 4 is 0 Å². The van der Waals surface area contributed by atoms with Crippen LogP contribution in [0.3, 0.4) is 0 Å². The van der Waals surface area contributed by atoms with Crippen LogP contribution in [0.25, 0.3) is 0 Å². The molecule has 1 aliphatic rings. The van der Waals surface area contributed by atoms with Crippen LogP contribution in [0.5, 0.6) is 0 Å². The summed E-state index contributed by atoms with van der Waals surface area (Å²) in [4.78, 5) is 2.27. The average molecular weight is 453 g/mol. The first kappa shape index (κ1) is 23.5. The van der Waals surface area contributed by atoms with Crippen LogP contribution in [0.1, 0.15) is 41.5 Å². The Morgan fingerprint density at radius 1 is 0.788 bits per heavy atom. The Hall–Kier alpha value is -2.63. The number of likely N-dealkylation sites (tertiary alicyclic amines) is 1. The fourth-order valence-corrected chi connectivity index (χ4v) is 4.74. The van der Waals surface area contributed by atoms with Gasteiger partial charge in [-0.15, -0.1) is 0 Å². The topological polar surface area (TPSA) is 23.5 Å². The van der Waals surface area contributed by atoms with E-state index in [9.17, 15) is 18.3 Å². The normalized spacial score (nSPS) is 17.1. The van der Waals surface area contributed by atoms with Gasteiger partial charge in [-0.1, -0.05) is 72.8 Å². The van der Waals surface area contributed by atoms with Gasteiger partial charge in [0.1, 0.15) is 0 Å². The molecule has 5 heteroatoms. The molecule has 3 aromatic rings. The van der Waals surface area contributed by atoms with Gasteiger partial charge < -0.3 is 10.0 Å². The number of rotatable bonds is 6. The molecular weight excluding hydrogens is 423 g/mol. The first-order valence-electron chi connectivity index (χ1n) is 11.3. The molecule has 3 aromatic carbocycles. The molecule has 4 rings (SSSR count). The van der Waals surface area contributed by atoms with Crippen molar-refractivity contribution in [2.24, 2.45) is 0 Å². The van der Waals surface area contributed by atoms with E-state index in [1.165, 1.54) is 6.07 Å². The van der Waals surface area contributed by atoms with Crippen LogP contribution < -0.4 is 0 Å². The second kappa shape index (κ2) is 9.32. The molecule has 1 aliphatic heterocycles. The molecule has 0 bridgehead atoms. The zero-order valence-corrected chi connectivity index (χ0v) is 18.6. The Labute approximate surface area is 193 Å². The standard InChI is InChI=1S/C28H29F3NO/c1-26(22-9-4-2-5-10-22,23-11-6-3-7-12-23)15-18-32-19-16-27(33,17-20-32)24-13-8-14-25(21-24)28(29,30)31/h2-14,21,33H,1,15-20H2. The van der Waals surface area contributed by atoms with Gasteiger partial charge in [-0.25, -0.2) is 0 Å². The number of aliphatic hydroxyl groups is 1. The number of hydrogen-bond acceptors (Lipinski definition) is 2. The third kappa shape index (κ3) is 5.15. The molecule has 2 nitrogen and oxygen atoms in total. The van der Waals surface area contributed by atoms with Crippen LogP contribution in [-0.2, 0) is 17.2 Å². The molecule has 0 spiro atoms. The third-order valence-electron chi connectivity index (χ3n) is 6.92. The highest BCUT2D eigenvalue weighted by Crippen LogP contribution is 2.38. The van der Waals surface area contributed by atoms with E-state index < -0.39 is 22.8 Å². The number of halogens is 3. The average Bonchev–Trinajstić information content (AvgIpc) is 2.84. The lowest BCUT2D eigenvalue weighted by Gasteiger charge is -2.40. The van der Waals surface area contributed by atoms with E-state index in [4.69, 9.17) is 0 Å². The second-order valence-corrected chi connectivity index (χ2v) is 9.02. The molecule has 0 aliphatic carbocycles. The number of benzene rings is 3. The molecule has 1 heterocycles. The van der Waals surface area contributed by atoms with Gasteiger partial charge in [0, 0.05) is 18.5 Å². The zero-order chi connectivity index (χ0) is 23.5. The van der Waals surface area contributed by atoms with Crippen molar-refractivity contribution in [1.29, 1.82) is 0 Å². The van der Waals surface area contributed by atoms with Crippen molar-refractivity contribution in [2.75, 3.05) is 19.6 Å². The number of piperidine rings is 1. The summed E-state index contributed by atoms with van der Waals surface area (Å²) in [6, 6.07) is 25.6. The first-order chi connectivity index (χ1) is 15.7. The van der Waals surface area contributed by atoms with Crippen LogP contribution >= 0.6 is 0 Å². The van der Waals surface area contributed by atoms with Crippen molar-refractivity contribution in [2.45, 2.75) is 36.5 Å². The predicted octanol–water partition coefficient (Wildman–Crippen LogP) is 6.20. The van der Waals surface area contributed by atoms with Crippen LogP contribution in [0.2, 0.25) is 0 Å². The molecule has 0 unspecified atom stereocenters. The van der Waals surface area contributed by atoms with Crippen molar-refractivity contribution in [3.05, 3.63) is 114 Å². The molecule has 0 aromatic heterocycles. The van der Waals surface area contributed by atoms with Crippen molar-refractivity contribution in [1.82, 2.24) is 4.90 Å². The Bertz CT molecular complexity index is 1000. The summed E-state index contributed by atoms with van der Waals surface area (Å²) in [7, 11) is 0. The Morgan fingerprint density at radius 3 is 1.82 bits per heavy atom. The molecule has 0 amide bonds. The smallest absolute Gasteiger partial charge is 0.385 e. The van der Waals surface area contributed by atoms with Crippen LogP contribution in [0.4, 0.5) is 13.2 Å². The quantitative estimate of drug-likeness (QED) is 0.481. The monoisotopic (exact) mass is 452 g/mol. The molecule has 1 fully saturated rings. The minimum Gasteiger partial charge on any atom is -0.385 e. The van der Waals surface area contributed by atoms with Gasteiger partial charge in [-0.3, -0.25) is 0 Å². The Balaban J connectivity index is 1.45. The van der Waals surface area contributed by atoms with Gasteiger partial charge in [-0.05, 0) is 61.6 Å². The summed E-state index contributed by atoms with van der Waals surface area (Å²) >= 11 is 0. The number of nitrogens with zero attached hydrogens (tertiary/aromatic N) is 1.